The van der Waals surface area contributed by atoms with Crippen molar-refractivity contribution in [3.05, 3.63) is 0 Å². The van der Waals surface area contributed by atoms with Crippen LogP contribution >= 0.6 is 12.6 Å². The van der Waals surface area contributed by atoms with E-state index < -0.39 is 4.87 Å². The summed E-state index contributed by atoms with van der Waals surface area (Å²) in [6.07, 6.45) is 0. The van der Waals surface area contributed by atoms with E-state index in [1.807, 2.05) is 13.8 Å². The van der Waals surface area contributed by atoms with Gasteiger partial charge >= 0.3 is 6.03 Å². The molecule has 0 saturated carbocycles. The van der Waals surface area contributed by atoms with Crippen molar-refractivity contribution in [1.82, 2.24) is 10.2 Å². The minimum absolute atomic E-state index is 0.0257. The van der Waals surface area contributed by atoms with Crippen molar-refractivity contribution in [2.45, 2.75) is 18.7 Å². The van der Waals surface area contributed by atoms with Gasteiger partial charge in [-0.3, -0.25) is 9.69 Å². The van der Waals surface area contributed by atoms with Crippen LogP contribution in [0.25, 0.3) is 0 Å². The van der Waals surface area contributed by atoms with Gasteiger partial charge in [0.05, 0.1) is 0 Å². The molecule has 0 spiro atoms. The molecule has 1 fully saturated rings. The van der Waals surface area contributed by atoms with Crippen molar-refractivity contribution in [2.75, 3.05) is 7.05 Å². The van der Waals surface area contributed by atoms with Crippen molar-refractivity contribution in [2.24, 2.45) is 5.92 Å². The zero-order valence-electron chi connectivity index (χ0n) is 7.29. The maximum Gasteiger partial charge on any atom is 0.325 e. The molecular formula is C7H12N2O2S. The number of carbonyl (C=O) groups excluding carboxylic acids is 2. The number of hydrogen-bond acceptors (Lipinski definition) is 3. The van der Waals surface area contributed by atoms with Crippen molar-refractivity contribution in [1.29, 1.82) is 0 Å². The van der Waals surface area contributed by atoms with Gasteiger partial charge in [-0.1, -0.05) is 13.8 Å². The van der Waals surface area contributed by atoms with Crippen LogP contribution in [0, 0.1) is 5.92 Å². The summed E-state index contributed by atoms with van der Waals surface area (Å²) in [7, 11) is 1.44. The number of nitrogens with zero attached hydrogens (tertiary/aromatic N) is 1. The molecule has 1 aliphatic rings. The van der Waals surface area contributed by atoms with Crippen LogP contribution in [0.2, 0.25) is 0 Å². The van der Waals surface area contributed by atoms with Gasteiger partial charge in [-0.05, 0) is 5.92 Å². The van der Waals surface area contributed by atoms with E-state index in [0.717, 1.165) is 4.90 Å². The summed E-state index contributed by atoms with van der Waals surface area (Å²) in [5, 5.41) is 2.53. The number of amides is 3. The van der Waals surface area contributed by atoms with Gasteiger partial charge in [-0.2, -0.15) is 0 Å². The molecule has 4 nitrogen and oxygen atoms in total. The van der Waals surface area contributed by atoms with Gasteiger partial charge in [0.25, 0.3) is 5.91 Å². The highest BCUT2D eigenvalue weighted by Gasteiger charge is 2.49. The van der Waals surface area contributed by atoms with Crippen molar-refractivity contribution in [3.63, 3.8) is 0 Å². The van der Waals surface area contributed by atoms with Gasteiger partial charge in [0.1, 0.15) is 0 Å². The molecule has 1 saturated heterocycles. The number of urea groups is 1. The standard InChI is InChI=1S/C7H12N2O2S/c1-4(2)7(12)5(10)9(3)6(11)8-7/h4,12H,1-3H3,(H,8,11). The van der Waals surface area contributed by atoms with Gasteiger partial charge in [0.15, 0.2) is 4.87 Å². The lowest BCUT2D eigenvalue weighted by Gasteiger charge is -2.23. The van der Waals surface area contributed by atoms with Crippen LogP contribution in [0.3, 0.4) is 0 Å². The highest BCUT2D eigenvalue weighted by Crippen LogP contribution is 2.28. The summed E-state index contributed by atoms with van der Waals surface area (Å²) in [6, 6.07) is -0.385. The number of likely N-dealkylation sites (N-methyl/N-ethyl adjacent to an activating group) is 1. The van der Waals surface area contributed by atoms with E-state index in [1.54, 1.807) is 0 Å². The first-order valence-corrected chi connectivity index (χ1v) is 4.17. The van der Waals surface area contributed by atoms with E-state index in [4.69, 9.17) is 0 Å². The third-order valence-corrected chi connectivity index (χ3v) is 2.89. The normalized spacial score (nSPS) is 29.9. The lowest BCUT2D eigenvalue weighted by atomic mass is 10.0. The summed E-state index contributed by atoms with van der Waals surface area (Å²) < 4.78 is 0. The lowest BCUT2D eigenvalue weighted by molar-refractivity contribution is -0.128. The van der Waals surface area contributed by atoms with Crippen LogP contribution in [0.15, 0.2) is 0 Å². The van der Waals surface area contributed by atoms with E-state index >= 15 is 0 Å². The number of imide groups is 1. The SMILES string of the molecule is CC(C)C1(S)NC(=O)N(C)C1=O. The third kappa shape index (κ3) is 1.08. The number of thiol groups is 1. The van der Waals surface area contributed by atoms with Gasteiger partial charge in [-0.25, -0.2) is 4.79 Å². The molecule has 0 aliphatic carbocycles. The Balaban J connectivity index is 2.97. The Morgan fingerprint density at radius 3 is 2.17 bits per heavy atom. The molecule has 0 radical (unpaired) electrons. The largest absolute Gasteiger partial charge is 0.325 e. The highest BCUT2D eigenvalue weighted by atomic mass is 32.1. The molecule has 0 aromatic rings. The Kier molecular flexibility index (Phi) is 2.07. The fourth-order valence-electron chi connectivity index (χ4n) is 1.04. The Bertz CT molecular complexity index is 242. The summed E-state index contributed by atoms with van der Waals surface area (Å²) >= 11 is 4.17. The Hall–Kier alpha value is -0.710. The molecule has 1 heterocycles. The van der Waals surface area contributed by atoms with Gasteiger partial charge in [-0.15, -0.1) is 12.6 Å². The molecule has 68 valence electrons. The average Bonchev–Trinajstić information content (AvgIpc) is 2.17. The lowest BCUT2D eigenvalue weighted by Crippen LogP contribution is -2.45. The molecule has 0 aromatic heterocycles. The van der Waals surface area contributed by atoms with Crippen LogP contribution in [-0.4, -0.2) is 28.8 Å². The first-order valence-electron chi connectivity index (χ1n) is 3.72. The quantitative estimate of drug-likeness (QED) is 0.463. The summed E-state index contributed by atoms with van der Waals surface area (Å²) in [6.45, 7) is 3.68. The molecule has 0 bridgehead atoms. The topological polar surface area (TPSA) is 49.4 Å². The Morgan fingerprint density at radius 2 is 2.00 bits per heavy atom. The van der Waals surface area contributed by atoms with Gasteiger partial charge in [0.2, 0.25) is 0 Å². The van der Waals surface area contributed by atoms with E-state index in [9.17, 15) is 9.59 Å². The molecule has 1 aliphatic heterocycles. The summed E-state index contributed by atoms with van der Waals surface area (Å²) in [4.78, 5) is 22.5. The van der Waals surface area contributed by atoms with Crippen molar-refractivity contribution < 1.29 is 9.59 Å². The zero-order chi connectivity index (χ0) is 9.52. The second kappa shape index (κ2) is 2.65. The van der Waals surface area contributed by atoms with Crippen LogP contribution < -0.4 is 5.32 Å². The molecule has 1 N–H and O–H groups in total. The maximum atomic E-state index is 11.4. The zero-order valence-corrected chi connectivity index (χ0v) is 8.18. The predicted molar refractivity (Wildman–Crippen MR) is 47.9 cm³/mol. The first kappa shape index (κ1) is 9.38. The molecule has 12 heavy (non-hydrogen) atoms. The fraction of sp³-hybridized carbons (Fsp3) is 0.714. The van der Waals surface area contributed by atoms with E-state index in [-0.39, 0.29) is 17.9 Å². The monoisotopic (exact) mass is 188 g/mol. The maximum absolute atomic E-state index is 11.4. The smallest absolute Gasteiger partial charge is 0.315 e. The second-order valence-corrected chi connectivity index (χ2v) is 3.92. The van der Waals surface area contributed by atoms with Crippen LogP contribution in [0.4, 0.5) is 4.79 Å². The van der Waals surface area contributed by atoms with Gasteiger partial charge < -0.3 is 5.32 Å². The molecular weight excluding hydrogens is 176 g/mol. The van der Waals surface area contributed by atoms with E-state index in [2.05, 4.69) is 17.9 Å². The Morgan fingerprint density at radius 1 is 1.50 bits per heavy atom. The molecule has 1 unspecified atom stereocenters. The first-order chi connectivity index (χ1) is 5.39. The van der Waals surface area contributed by atoms with E-state index in [0.29, 0.717) is 0 Å². The minimum atomic E-state index is -1.02. The number of rotatable bonds is 1. The Labute approximate surface area is 76.7 Å². The summed E-state index contributed by atoms with van der Waals surface area (Å²) in [5.74, 6) is -0.312. The number of carbonyl (C=O) groups is 2. The third-order valence-electron chi connectivity index (χ3n) is 2.07. The second-order valence-electron chi connectivity index (χ2n) is 3.22. The fourth-order valence-corrected chi connectivity index (χ4v) is 1.29. The predicted octanol–water partition coefficient (Wildman–Crippen LogP) is 0.450. The van der Waals surface area contributed by atoms with Crippen molar-refractivity contribution in [3.8, 4) is 0 Å². The van der Waals surface area contributed by atoms with Crippen LogP contribution in [0.5, 0.6) is 0 Å². The van der Waals surface area contributed by atoms with Crippen LogP contribution in [0.1, 0.15) is 13.8 Å². The minimum Gasteiger partial charge on any atom is -0.315 e. The summed E-state index contributed by atoms with van der Waals surface area (Å²) in [5.41, 5.74) is 0. The van der Waals surface area contributed by atoms with Crippen molar-refractivity contribution >= 4 is 24.6 Å². The molecule has 5 heteroatoms. The van der Waals surface area contributed by atoms with E-state index in [1.165, 1.54) is 7.05 Å². The highest BCUT2D eigenvalue weighted by molar-refractivity contribution is 7.82. The van der Waals surface area contributed by atoms with Crippen LogP contribution in [-0.2, 0) is 4.79 Å². The average molecular weight is 188 g/mol. The number of nitrogens with one attached hydrogen (secondary N) is 1. The molecule has 0 aromatic carbocycles. The molecule has 3 amide bonds. The van der Waals surface area contributed by atoms with Gasteiger partial charge in [0, 0.05) is 7.05 Å². The molecule has 1 atom stereocenters. The number of hydrogen-bond donors (Lipinski definition) is 2. The molecule has 1 rings (SSSR count).